The van der Waals surface area contributed by atoms with E-state index in [4.69, 9.17) is 0 Å². The first kappa shape index (κ1) is 9.60. The third-order valence-electron chi connectivity index (χ3n) is 1.72. The van der Waals surface area contributed by atoms with E-state index in [1.165, 1.54) is 16.9 Å². The molecule has 2 rings (SSSR count). The van der Waals surface area contributed by atoms with Gasteiger partial charge in [-0.25, -0.2) is 17.9 Å². The number of halogens is 1. The van der Waals surface area contributed by atoms with E-state index in [2.05, 4.69) is 26.0 Å². The Labute approximate surface area is 88.8 Å². The summed E-state index contributed by atoms with van der Waals surface area (Å²) < 4.78 is 24.5. The molecule has 0 spiro atoms. The lowest BCUT2D eigenvalue weighted by molar-refractivity contribution is 0.600. The zero-order valence-electron chi connectivity index (χ0n) is 7.18. The lowest BCUT2D eigenvalue weighted by atomic mass is 10.6. The van der Waals surface area contributed by atoms with Crippen molar-refractivity contribution in [2.75, 3.05) is 6.26 Å². The molecule has 2 aromatic rings. The van der Waals surface area contributed by atoms with E-state index in [0.717, 1.165) is 10.7 Å². The normalized spacial score (nSPS) is 12.1. The first-order valence-corrected chi connectivity index (χ1v) is 6.36. The van der Waals surface area contributed by atoms with E-state index in [1.54, 1.807) is 6.20 Å². The molecule has 5 nitrogen and oxygen atoms in total. The van der Waals surface area contributed by atoms with Crippen LogP contribution in [0, 0.1) is 0 Å². The molecule has 0 radical (unpaired) electrons. The van der Waals surface area contributed by atoms with Gasteiger partial charge in [-0.1, -0.05) is 0 Å². The third kappa shape index (κ3) is 1.53. The minimum absolute atomic E-state index is 0.153. The summed E-state index contributed by atoms with van der Waals surface area (Å²) in [5, 5.41) is 3.94. The van der Waals surface area contributed by atoms with Crippen LogP contribution in [0.4, 0.5) is 0 Å². The highest BCUT2D eigenvalue weighted by atomic mass is 79.9. The highest BCUT2D eigenvalue weighted by molar-refractivity contribution is 9.10. The van der Waals surface area contributed by atoms with Crippen LogP contribution in [-0.4, -0.2) is 29.3 Å². The lowest BCUT2D eigenvalue weighted by Crippen LogP contribution is -2.01. The van der Waals surface area contributed by atoms with Crippen LogP contribution in [0.25, 0.3) is 5.65 Å². The summed E-state index contributed by atoms with van der Waals surface area (Å²) in [7, 11) is -3.22. The van der Waals surface area contributed by atoms with Gasteiger partial charge in [0.15, 0.2) is 15.5 Å². The van der Waals surface area contributed by atoms with Crippen molar-refractivity contribution in [3.05, 3.63) is 23.1 Å². The van der Waals surface area contributed by atoms with Crippen molar-refractivity contribution in [2.24, 2.45) is 0 Å². The Morgan fingerprint density at radius 2 is 2.14 bits per heavy atom. The number of fused-ring (bicyclic) bond motifs is 1. The van der Waals surface area contributed by atoms with Gasteiger partial charge in [-0.05, 0) is 15.9 Å². The van der Waals surface area contributed by atoms with Crippen LogP contribution in [0.15, 0.2) is 28.0 Å². The molecule has 0 aromatic carbocycles. The van der Waals surface area contributed by atoms with Gasteiger partial charge >= 0.3 is 0 Å². The van der Waals surface area contributed by atoms with Crippen LogP contribution in [0.2, 0.25) is 0 Å². The molecule has 2 heterocycles. The van der Waals surface area contributed by atoms with Crippen LogP contribution < -0.4 is 0 Å². The number of aromatic nitrogens is 3. The third-order valence-corrected chi connectivity index (χ3v) is 3.34. The van der Waals surface area contributed by atoms with Crippen molar-refractivity contribution in [2.45, 2.75) is 4.90 Å². The second-order valence-corrected chi connectivity index (χ2v) is 5.69. The van der Waals surface area contributed by atoms with Crippen molar-refractivity contribution >= 4 is 31.4 Å². The van der Waals surface area contributed by atoms with Gasteiger partial charge in [0.05, 0.1) is 16.9 Å². The molecule has 0 aliphatic carbocycles. The van der Waals surface area contributed by atoms with Crippen molar-refractivity contribution in [1.82, 2.24) is 14.6 Å². The van der Waals surface area contributed by atoms with Gasteiger partial charge in [0.2, 0.25) is 0 Å². The van der Waals surface area contributed by atoms with Gasteiger partial charge in [-0.2, -0.15) is 5.10 Å². The highest BCUT2D eigenvalue weighted by Crippen LogP contribution is 2.16. The van der Waals surface area contributed by atoms with E-state index in [1.807, 2.05) is 0 Å². The monoisotopic (exact) mass is 275 g/mol. The van der Waals surface area contributed by atoms with E-state index in [-0.39, 0.29) is 4.90 Å². The molecule has 7 heteroatoms. The molecule has 2 aromatic heterocycles. The summed E-state index contributed by atoms with van der Waals surface area (Å²) in [5.41, 5.74) is 0.595. The number of sulfone groups is 1. The maximum atomic E-state index is 11.2. The SMILES string of the molecule is CS(=O)(=O)c1cnc2c(Br)cnn2c1. The lowest BCUT2D eigenvalue weighted by Gasteiger charge is -1.97. The molecule has 0 atom stereocenters. The fraction of sp³-hybridized carbons (Fsp3) is 0.143. The average molecular weight is 276 g/mol. The maximum Gasteiger partial charge on any atom is 0.178 e. The molecule has 74 valence electrons. The molecule has 0 saturated carbocycles. The fourth-order valence-corrected chi connectivity index (χ4v) is 1.93. The topological polar surface area (TPSA) is 64.3 Å². The van der Waals surface area contributed by atoms with Crippen LogP contribution in [0.5, 0.6) is 0 Å². The maximum absolute atomic E-state index is 11.2. The molecule has 0 bridgehead atoms. The van der Waals surface area contributed by atoms with E-state index in [9.17, 15) is 8.42 Å². The Morgan fingerprint density at radius 3 is 2.79 bits per heavy atom. The largest absolute Gasteiger partial charge is 0.235 e. The number of nitrogens with zero attached hydrogens (tertiary/aromatic N) is 3. The molecule has 0 fully saturated rings. The Balaban J connectivity index is 2.76. The molecule has 0 unspecified atom stereocenters. The summed E-state index contributed by atoms with van der Waals surface area (Å²) in [5.74, 6) is 0. The molecule has 0 aliphatic rings. The first-order chi connectivity index (χ1) is 6.48. The smallest absolute Gasteiger partial charge is 0.178 e. The summed E-state index contributed by atoms with van der Waals surface area (Å²) in [4.78, 5) is 4.13. The van der Waals surface area contributed by atoms with Crippen molar-refractivity contribution in [1.29, 1.82) is 0 Å². The Kier molecular flexibility index (Phi) is 2.07. The number of hydrogen-bond acceptors (Lipinski definition) is 4. The molecular formula is C7H6BrN3O2S. The second-order valence-electron chi connectivity index (χ2n) is 2.82. The van der Waals surface area contributed by atoms with E-state index in [0.29, 0.717) is 5.65 Å². The predicted molar refractivity (Wildman–Crippen MR) is 53.8 cm³/mol. The second kappa shape index (κ2) is 3.03. The quantitative estimate of drug-likeness (QED) is 0.776. The number of hydrogen-bond donors (Lipinski definition) is 0. The van der Waals surface area contributed by atoms with Crippen molar-refractivity contribution in [3.63, 3.8) is 0 Å². The minimum atomic E-state index is -3.22. The predicted octanol–water partition coefficient (Wildman–Crippen LogP) is 0.895. The zero-order valence-corrected chi connectivity index (χ0v) is 9.58. The summed E-state index contributed by atoms with van der Waals surface area (Å²) in [6.45, 7) is 0. The minimum Gasteiger partial charge on any atom is -0.235 e. The standard InChI is InChI=1S/C7H6BrN3O2S/c1-14(12,13)5-2-9-7-6(8)3-10-11(7)4-5/h2-4H,1H3. The van der Waals surface area contributed by atoms with Gasteiger partial charge in [-0.15, -0.1) is 0 Å². The highest BCUT2D eigenvalue weighted by Gasteiger charge is 2.10. The van der Waals surface area contributed by atoms with Crippen molar-refractivity contribution in [3.8, 4) is 0 Å². The van der Waals surface area contributed by atoms with Crippen molar-refractivity contribution < 1.29 is 8.42 Å². The van der Waals surface area contributed by atoms with Gasteiger partial charge in [0, 0.05) is 12.5 Å². The molecule has 0 saturated heterocycles. The van der Waals surface area contributed by atoms with Gasteiger partial charge in [0.25, 0.3) is 0 Å². The van der Waals surface area contributed by atoms with Gasteiger partial charge in [0.1, 0.15) is 4.90 Å². The summed E-state index contributed by atoms with van der Waals surface area (Å²) in [6, 6.07) is 0. The average Bonchev–Trinajstić information content (AvgIpc) is 2.46. The van der Waals surface area contributed by atoms with Crippen LogP contribution in [0.3, 0.4) is 0 Å². The fourth-order valence-electron chi connectivity index (χ4n) is 1.02. The van der Waals surface area contributed by atoms with Crippen LogP contribution in [0.1, 0.15) is 0 Å². The molecule has 14 heavy (non-hydrogen) atoms. The molecular weight excluding hydrogens is 270 g/mol. The zero-order chi connectivity index (χ0) is 10.3. The Bertz CT molecular complexity index is 590. The molecule has 0 aliphatic heterocycles. The summed E-state index contributed by atoms with van der Waals surface area (Å²) in [6.07, 6.45) is 5.45. The van der Waals surface area contributed by atoms with E-state index < -0.39 is 9.84 Å². The van der Waals surface area contributed by atoms with Gasteiger partial charge in [-0.3, -0.25) is 0 Å². The number of rotatable bonds is 1. The summed E-state index contributed by atoms with van der Waals surface area (Å²) >= 11 is 3.25. The molecule has 0 N–H and O–H groups in total. The van der Waals surface area contributed by atoms with Crippen LogP contribution in [-0.2, 0) is 9.84 Å². The van der Waals surface area contributed by atoms with Crippen LogP contribution >= 0.6 is 15.9 Å². The Morgan fingerprint density at radius 1 is 1.43 bits per heavy atom. The first-order valence-electron chi connectivity index (χ1n) is 3.67. The molecule has 0 amide bonds. The van der Waals surface area contributed by atoms with E-state index >= 15 is 0 Å². The Hall–Kier alpha value is -0.950. The van der Waals surface area contributed by atoms with Gasteiger partial charge < -0.3 is 0 Å².